The summed E-state index contributed by atoms with van der Waals surface area (Å²) in [5.74, 6) is 1.26. The Balaban J connectivity index is 1.42. The highest BCUT2D eigenvalue weighted by Crippen LogP contribution is 2.27. The molecule has 8 nitrogen and oxygen atoms in total. The van der Waals surface area contributed by atoms with Gasteiger partial charge in [-0.2, -0.15) is 11.8 Å². The van der Waals surface area contributed by atoms with Gasteiger partial charge in [0.05, 0.1) is 17.1 Å². The lowest BCUT2D eigenvalue weighted by Gasteiger charge is -2.22. The minimum Gasteiger partial charge on any atom is -0.376 e. The number of amides is 3. The summed E-state index contributed by atoms with van der Waals surface area (Å²) in [6.07, 6.45) is 4.64. The molecule has 4 rings (SSSR count). The number of ether oxygens (including phenoxy) is 1. The second kappa shape index (κ2) is 9.04. The lowest BCUT2D eigenvalue weighted by atomic mass is 10.2. The van der Waals surface area contributed by atoms with E-state index < -0.39 is 6.04 Å². The molecule has 29 heavy (non-hydrogen) atoms. The molecule has 0 saturated carbocycles. The number of imidazole rings is 1. The van der Waals surface area contributed by atoms with Crippen LogP contribution in [0.15, 0.2) is 24.3 Å². The van der Waals surface area contributed by atoms with Gasteiger partial charge in [0.25, 0.3) is 0 Å². The third-order valence-corrected chi connectivity index (χ3v) is 6.06. The van der Waals surface area contributed by atoms with Crippen LogP contribution in [-0.4, -0.2) is 65.3 Å². The fraction of sp³-hybridized carbons (Fsp3) is 0.550. The van der Waals surface area contributed by atoms with Gasteiger partial charge in [0.2, 0.25) is 11.9 Å². The van der Waals surface area contributed by atoms with E-state index in [2.05, 4.69) is 15.6 Å². The van der Waals surface area contributed by atoms with Crippen LogP contribution in [0.4, 0.5) is 10.7 Å². The zero-order valence-electron chi connectivity index (χ0n) is 16.6. The monoisotopic (exact) mass is 417 g/mol. The Morgan fingerprint density at radius 2 is 2.21 bits per heavy atom. The van der Waals surface area contributed by atoms with Crippen LogP contribution in [0, 0.1) is 0 Å². The Kier molecular flexibility index (Phi) is 6.25. The topological polar surface area (TPSA) is 88.5 Å². The number of fused-ring (bicyclic) bond motifs is 3. The molecule has 1 aromatic heterocycles. The molecule has 0 spiro atoms. The van der Waals surface area contributed by atoms with Gasteiger partial charge >= 0.3 is 6.03 Å². The fourth-order valence-electron chi connectivity index (χ4n) is 3.86. The maximum atomic E-state index is 13.0. The van der Waals surface area contributed by atoms with Crippen molar-refractivity contribution < 1.29 is 14.3 Å². The van der Waals surface area contributed by atoms with E-state index in [0.29, 0.717) is 32.0 Å². The smallest absolute Gasteiger partial charge is 0.324 e. The maximum Gasteiger partial charge on any atom is 0.324 e. The summed E-state index contributed by atoms with van der Waals surface area (Å²) in [6.45, 7) is 2.49. The Morgan fingerprint density at radius 3 is 3.00 bits per heavy atom. The van der Waals surface area contributed by atoms with E-state index in [1.165, 1.54) is 0 Å². The number of hydrogen-bond donors (Lipinski definition) is 2. The summed E-state index contributed by atoms with van der Waals surface area (Å²) in [6, 6.07) is 7.00. The number of thioether (sulfide) groups is 1. The van der Waals surface area contributed by atoms with Crippen LogP contribution in [0.5, 0.6) is 0 Å². The first-order valence-corrected chi connectivity index (χ1v) is 11.5. The molecule has 0 radical (unpaired) electrons. The molecular formula is C20H27N5O3S. The molecule has 2 aliphatic heterocycles. The van der Waals surface area contributed by atoms with Gasteiger partial charge in [-0.3, -0.25) is 9.69 Å². The van der Waals surface area contributed by atoms with Gasteiger partial charge in [-0.1, -0.05) is 12.1 Å². The lowest BCUT2D eigenvalue weighted by molar-refractivity contribution is -0.123. The van der Waals surface area contributed by atoms with Crippen molar-refractivity contribution in [1.29, 1.82) is 0 Å². The minimum absolute atomic E-state index is 0.0781. The molecule has 1 fully saturated rings. The summed E-state index contributed by atoms with van der Waals surface area (Å²) in [5.41, 5.74) is 1.89. The van der Waals surface area contributed by atoms with Crippen LogP contribution in [0.25, 0.3) is 11.0 Å². The predicted octanol–water partition coefficient (Wildman–Crippen LogP) is 1.98. The van der Waals surface area contributed by atoms with Crippen molar-refractivity contribution in [3.63, 3.8) is 0 Å². The van der Waals surface area contributed by atoms with Gasteiger partial charge in [-0.05, 0) is 43.4 Å². The highest BCUT2D eigenvalue weighted by Gasteiger charge is 2.31. The quantitative estimate of drug-likeness (QED) is 0.719. The zero-order chi connectivity index (χ0) is 20.2. The number of carbonyl (C=O) groups excluding carboxylic acids is 2. The Morgan fingerprint density at radius 1 is 1.34 bits per heavy atom. The van der Waals surface area contributed by atoms with E-state index in [4.69, 9.17) is 4.74 Å². The second-order valence-corrected chi connectivity index (χ2v) is 8.35. The Hall–Kier alpha value is -2.26. The minimum atomic E-state index is -0.574. The Bertz CT molecular complexity index is 880. The van der Waals surface area contributed by atoms with Crippen molar-refractivity contribution in [2.24, 2.45) is 0 Å². The number of para-hydroxylation sites is 2. The Labute approximate surface area is 174 Å². The van der Waals surface area contributed by atoms with Crippen LogP contribution in [0.1, 0.15) is 19.3 Å². The van der Waals surface area contributed by atoms with E-state index in [1.54, 1.807) is 16.7 Å². The first-order chi connectivity index (χ1) is 14.2. The first kappa shape index (κ1) is 20.0. The molecule has 9 heteroatoms. The largest absolute Gasteiger partial charge is 0.376 e. The van der Waals surface area contributed by atoms with E-state index in [1.807, 2.05) is 35.1 Å². The molecule has 0 aliphatic carbocycles. The maximum absolute atomic E-state index is 13.0. The number of urea groups is 1. The van der Waals surface area contributed by atoms with Crippen LogP contribution >= 0.6 is 11.8 Å². The molecule has 3 heterocycles. The van der Waals surface area contributed by atoms with Crippen LogP contribution < -0.4 is 15.5 Å². The number of nitrogens with one attached hydrogen (secondary N) is 2. The molecule has 1 saturated heterocycles. The van der Waals surface area contributed by atoms with Gasteiger partial charge in [0.1, 0.15) is 6.04 Å². The molecule has 2 aliphatic rings. The number of carbonyl (C=O) groups is 2. The van der Waals surface area contributed by atoms with Crippen molar-refractivity contribution in [2.75, 3.05) is 36.6 Å². The van der Waals surface area contributed by atoms with Gasteiger partial charge in [-0.25, -0.2) is 9.78 Å². The van der Waals surface area contributed by atoms with Gasteiger partial charge in [0, 0.05) is 26.2 Å². The van der Waals surface area contributed by atoms with Crippen LogP contribution in [0.3, 0.4) is 0 Å². The lowest BCUT2D eigenvalue weighted by Crippen LogP contribution is -2.52. The number of rotatable bonds is 7. The van der Waals surface area contributed by atoms with Crippen molar-refractivity contribution >= 4 is 40.7 Å². The van der Waals surface area contributed by atoms with E-state index in [-0.39, 0.29) is 18.0 Å². The number of nitrogens with zero attached hydrogens (tertiary/aromatic N) is 3. The SMILES string of the molecule is CSCC[C@H](NC(=O)N1CCn2c1nc1ccccc12)C(=O)NC[C@H]1CCCO1. The number of benzene rings is 1. The summed E-state index contributed by atoms with van der Waals surface area (Å²) in [5, 5.41) is 5.86. The normalized spacial score (nSPS) is 19.3. The average molecular weight is 418 g/mol. The number of anilines is 1. The molecule has 2 atom stereocenters. The molecule has 0 unspecified atom stereocenters. The zero-order valence-corrected chi connectivity index (χ0v) is 17.4. The summed E-state index contributed by atoms with van der Waals surface area (Å²) < 4.78 is 7.61. The number of aromatic nitrogens is 2. The van der Waals surface area contributed by atoms with E-state index in [0.717, 1.165) is 36.2 Å². The van der Waals surface area contributed by atoms with Gasteiger partial charge in [0.15, 0.2) is 0 Å². The third-order valence-electron chi connectivity index (χ3n) is 5.42. The summed E-state index contributed by atoms with van der Waals surface area (Å²) in [7, 11) is 0. The molecular weight excluding hydrogens is 390 g/mol. The van der Waals surface area contributed by atoms with Crippen LogP contribution in [0.2, 0.25) is 0 Å². The van der Waals surface area contributed by atoms with Crippen molar-refractivity contribution in [1.82, 2.24) is 20.2 Å². The van der Waals surface area contributed by atoms with Gasteiger partial charge in [-0.15, -0.1) is 0 Å². The highest BCUT2D eigenvalue weighted by molar-refractivity contribution is 7.98. The molecule has 1 aromatic carbocycles. The predicted molar refractivity (Wildman–Crippen MR) is 114 cm³/mol. The summed E-state index contributed by atoms with van der Waals surface area (Å²) >= 11 is 1.66. The van der Waals surface area contributed by atoms with E-state index >= 15 is 0 Å². The van der Waals surface area contributed by atoms with Crippen molar-refractivity contribution in [2.45, 2.75) is 38.0 Å². The third kappa shape index (κ3) is 4.35. The van der Waals surface area contributed by atoms with E-state index in [9.17, 15) is 9.59 Å². The molecule has 156 valence electrons. The summed E-state index contributed by atoms with van der Waals surface area (Å²) in [4.78, 5) is 31.9. The molecule has 3 amide bonds. The van der Waals surface area contributed by atoms with Gasteiger partial charge < -0.3 is 19.9 Å². The second-order valence-electron chi connectivity index (χ2n) is 7.37. The first-order valence-electron chi connectivity index (χ1n) is 10.1. The standard InChI is InChI=1S/C20H27N5O3S/c1-29-12-8-16(18(26)21-13-14-5-4-11-28-14)23-20(27)25-10-9-24-17-7-3-2-6-15(17)22-19(24)25/h2-3,6-7,14,16H,4-5,8-13H2,1H3,(H,21,26)(H,23,27)/t14-,16+/m1/s1. The molecule has 2 N–H and O–H groups in total. The number of hydrogen-bond acceptors (Lipinski definition) is 5. The molecule has 2 aromatic rings. The highest BCUT2D eigenvalue weighted by atomic mass is 32.2. The van der Waals surface area contributed by atoms with Crippen molar-refractivity contribution in [3.05, 3.63) is 24.3 Å². The fourth-order valence-corrected chi connectivity index (χ4v) is 4.33. The average Bonchev–Trinajstić information content (AvgIpc) is 3.45. The van der Waals surface area contributed by atoms with Crippen LogP contribution in [-0.2, 0) is 16.1 Å². The van der Waals surface area contributed by atoms with Crippen molar-refractivity contribution in [3.8, 4) is 0 Å². The molecule has 0 bridgehead atoms.